The molecule has 2 aliphatic rings. The molecule has 0 aliphatic carbocycles. The average molecular weight is 427 g/mol. The van der Waals surface area contributed by atoms with Gasteiger partial charge in [0.2, 0.25) is 11.8 Å². The van der Waals surface area contributed by atoms with Crippen LogP contribution < -0.4 is 10.6 Å². The van der Waals surface area contributed by atoms with Gasteiger partial charge in [0.15, 0.2) is 0 Å². The zero-order valence-electron chi connectivity index (χ0n) is 12.6. The fourth-order valence-electron chi connectivity index (χ4n) is 3.26. The molecule has 1 aromatic rings. The van der Waals surface area contributed by atoms with Crippen molar-refractivity contribution in [1.29, 1.82) is 0 Å². The quantitative estimate of drug-likeness (QED) is 0.579. The summed E-state index contributed by atoms with van der Waals surface area (Å²) in [7, 11) is 0. The molecule has 0 bridgehead atoms. The topological polar surface area (TPSA) is 83.7 Å². The Morgan fingerprint density at radius 3 is 2.30 bits per heavy atom. The number of benzene rings is 1. The lowest BCUT2D eigenvalue weighted by Crippen LogP contribution is -2.47. The van der Waals surface area contributed by atoms with Crippen LogP contribution in [0.4, 0.5) is 5.69 Å². The lowest BCUT2D eigenvalue weighted by atomic mass is 9.95. The van der Waals surface area contributed by atoms with Gasteiger partial charge in [0.25, 0.3) is 5.91 Å². The molecule has 0 saturated carbocycles. The normalized spacial score (nSPS) is 23.5. The molecule has 0 unspecified atom stereocenters. The zero-order chi connectivity index (χ0) is 16.6. The zero-order valence-corrected chi connectivity index (χ0v) is 14.7. The third-order valence-electron chi connectivity index (χ3n) is 4.58. The van der Waals surface area contributed by atoms with Crippen LogP contribution in [-0.2, 0) is 14.4 Å². The minimum absolute atomic E-state index is 0.120. The molecule has 1 aromatic carbocycles. The predicted molar refractivity (Wildman–Crippen MR) is 93.5 cm³/mol. The van der Waals surface area contributed by atoms with Gasteiger partial charge in [0, 0.05) is 9.49 Å². The maximum absolute atomic E-state index is 12.7. The average Bonchev–Trinajstić information content (AvgIpc) is 2.83. The number of nitrogens with zero attached hydrogens (tertiary/aromatic N) is 2. The highest BCUT2D eigenvalue weighted by Crippen LogP contribution is 2.28. The first-order valence-electron chi connectivity index (χ1n) is 7.63. The lowest BCUT2D eigenvalue weighted by Gasteiger charge is -2.33. The minimum atomic E-state index is -0.421. The second-order valence-electron chi connectivity index (χ2n) is 5.98. The molecule has 2 aliphatic heterocycles. The summed E-state index contributed by atoms with van der Waals surface area (Å²) in [5.41, 5.74) is 5.96. The van der Waals surface area contributed by atoms with E-state index < -0.39 is 6.04 Å². The van der Waals surface area contributed by atoms with Crippen LogP contribution >= 0.6 is 22.6 Å². The van der Waals surface area contributed by atoms with Crippen molar-refractivity contribution >= 4 is 46.0 Å². The van der Waals surface area contributed by atoms with Crippen molar-refractivity contribution in [3.8, 4) is 0 Å². The number of primary amides is 1. The van der Waals surface area contributed by atoms with Gasteiger partial charge in [0.05, 0.1) is 18.2 Å². The Kier molecular flexibility index (Phi) is 4.67. The van der Waals surface area contributed by atoms with Crippen molar-refractivity contribution in [1.82, 2.24) is 4.90 Å². The van der Waals surface area contributed by atoms with Gasteiger partial charge in [-0.25, -0.2) is 4.90 Å². The Hall–Kier alpha value is -1.48. The number of anilines is 1. The molecule has 6 nitrogen and oxygen atoms in total. The summed E-state index contributed by atoms with van der Waals surface area (Å²) in [4.78, 5) is 39.5. The summed E-state index contributed by atoms with van der Waals surface area (Å²) in [6.45, 7) is 1.25. The molecule has 122 valence electrons. The van der Waals surface area contributed by atoms with Crippen molar-refractivity contribution in [3.05, 3.63) is 27.8 Å². The number of hydrogen-bond acceptors (Lipinski definition) is 4. The molecule has 3 rings (SSSR count). The van der Waals surface area contributed by atoms with Crippen LogP contribution in [0.15, 0.2) is 24.3 Å². The largest absolute Gasteiger partial charge is 0.369 e. The van der Waals surface area contributed by atoms with Gasteiger partial charge in [-0.1, -0.05) is 0 Å². The third kappa shape index (κ3) is 3.25. The fraction of sp³-hybridized carbons (Fsp3) is 0.438. The van der Waals surface area contributed by atoms with E-state index in [1.165, 1.54) is 4.90 Å². The molecule has 0 aromatic heterocycles. The van der Waals surface area contributed by atoms with Gasteiger partial charge < -0.3 is 5.73 Å². The maximum atomic E-state index is 12.7. The highest BCUT2D eigenvalue weighted by atomic mass is 127. The first-order chi connectivity index (χ1) is 11.0. The molecule has 2 saturated heterocycles. The molecule has 0 spiro atoms. The van der Waals surface area contributed by atoms with Crippen LogP contribution in [-0.4, -0.2) is 41.8 Å². The van der Waals surface area contributed by atoms with Crippen LogP contribution in [0.5, 0.6) is 0 Å². The highest BCUT2D eigenvalue weighted by Gasteiger charge is 2.43. The van der Waals surface area contributed by atoms with Crippen LogP contribution in [0.2, 0.25) is 0 Å². The minimum Gasteiger partial charge on any atom is -0.369 e. The number of hydrogen-bond donors (Lipinski definition) is 1. The Balaban J connectivity index is 1.72. The van der Waals surface area contributed by atoms with E-state index in [0.717, 1.165) is 3.57 Å². The molecule has 1 atom stereocenters. The SMILES string of the molecule is NC(=O)C1CCN([C@H]2CC(=O)N(c3ccc(I)cc3)C2=O)CC1. The van der Waals surface area contributed by atoms with Crippen LogP contribution in [0.3, 0.4) is 0 Å². The van der Waals surface area contributed by atoms with E-state index in [2.05, 4.69) is 22.6 Å². The van der Waals surface area contributed by atoms with Crippen molar-refractivity contribution in [3.63, 3.8) is 0 Å². The summed E-state index contributed by atoms with van der Waals surface area (Å²) < 4.78 is 1.05. The summed E-state index contributed by atoms with van der Waals surface area (Å²) in [5, 5.41) is 0. The number of amides is 3. The molecule has 2 fully saturated rings. The predicted octanol–water partition coefficient (Wildman–Crippen LogP) is 1.12. The van der Waals surface area contributed by atoms with E-state index in [1.54, 1.807) is 12.1 Å². The smallest absolute Gasteiger partial charge is 0.251 e. The van der Waals surface area contributed by atoms with Crippen LogP contribution in [0.25, 0.3) is 0 Å². The molecule has 23 heavy (non-hydrogen) atoms. The van der Waals surface area contributed by atoms with Crippen LogP contribution in [0, 0.1) is 9.49 Å². The fourth-order valence-corrected chi connectivity index (χ4v) is 3.62. The van der Waals surface area contributed by atoms with E-state index in [9.17, 15) is 14.4 Å². The van der Waals surface area contributed by atoms with Gasteiger partial charge in [0.1, 0.15) is 0 Å². The van der Waals surface area contributed by atoms with Gasteiger partial charge >= 0.3 is 0 Å². The Labute approximate surface area is 148 Å². The number of nitrogens with two attached hydrogens (primary N) is 1. The Bertz CT molecular complexity index is 638. The standard InChI is InChI=1S/C16H18IN3O3/c17-11-1-3-12(4-2-11)20-14(21)9-13(16(20)23)19-7-5-10(6-8-19)15(18)22/h1-4,10,13H,5-9H2,(H2,18,22)/t13-/m0/s1. The molecule has 7 heteroatoms. The number of carbonyl (C=O) groups is 3. The number of rotatable bonds is 3. The van der Waals surface area contributed by atoms with E-state index in [0.29, 0.717) is 31.6 Å². The maximum Gasteiger partial charge on any atom is 0.251 e. The Morgan fingerprint density at radius 1 is 1.13 bits per heavy atom. The van der Waals surface area contributed by atoms with E-state index in [4.69, 9.17) is 5.73 Å². The second-order valence-corrected chi connectivity index (χ2v) is 7.22. The summed E-state index contributed by atoms with van der Waals surface area (Å²) >= 11 is 2.18. The van der Waals surface area contributed by atoms with Crippen molar-refractivity contribution in [2.24, 2.45) is 11.7 Å². The number of carbonyl (C=O) groups excluding carboxylic acids is 3. The van der Waals surface area contributed by atoms with E-state index >= 15 is 0 Å². The Morgan fingerprint density at radius 2 is 1.74 bits per heavy atom. The summed E-state index contributed by atoms with van der Waals surface area (Å²) in [5.74, 6) is -0.739. The first-order valence-corrected chi connectivity index (χ1v) is 8.71. The number of halogens is 1. The number of likely N-dealkylation sites (tertiary alicyclic amines) is 1. The van der Waals surface area contributed by atoms with Crippen molar-refractivity contribution < 1.29 is 14.4 Å². The van der Waals surface area contributed by atoms with E-state index in [-0.39, 0.29) is 30.1 Å². The molecule has 0 radical (unpaired) electrons. The molecule has 3 amide bonds. The molecular weight excluding hydrogens is 409 g/mol. The summed E-state index contributed by atoms with van der Waals surface area (Å²) in [6, 6.07) is 6.92. The molecule has 2 heterocycles. The first kappa shape index (κ1) is 16.4. The van der Waals surface area contributed by atoms with Crippen molar-refractivity contribution in [2.75, 3.05) is 18.0 Å². The lowest BCUT2D eigenvalue weighted by molar-refractivity contribution is -0.124. The van der Waals surface area contributed by atoms with Gasteiger partial charge in [-0.05, 0) is 72.8 Å². The van der Waals surface area contributed by atoms with Gasteiger partial charge in [-0.2, -0.15) is 0 Å². The highest BCUT2D eigenvalue weighted by molar-refractivity contribution is 14.1. The second kappa shape index (κ2) is 6.56. The monoisotopic (exact) mass is 427 g/mol. The van der Waals surface area contributed by atoms with E-state index in [1.807, 2.05) is 17.0 Å². The summed E-state index contributed by atoms with van der Waals surface area (Å²) in [6.07, 6.45) is 1.50. The number of imide groups is 1. The third-order valence-corrected chi connectivity index (χ3v) is 5.30. The van der Waals surface area contributed by atoms with Crippen molar-refractivity contribution in [2.45, 2.75) is 25.3 Å². The van der Waals surface area contributed by atoms with Crippen LogP contribution in [0.1, 0.15) is 19.3 Å². The van der Waals surface area contributed by atoms with Gasteiger partial charge in [-0.3, -0.25) is 19.3 Å². The number of piperidine rings is 1. The van der Waals surface area contributed by atoms with Gasteiger partial charge in [-0.15, -0.1) is 0 Å². The molecular formula is C16H18IN3O3. The molecule has 2 N–H and O–H groups in total.